The minimum Gasteiger partial charge on any atom is -0.380 e. The molecule has 0 aliphatic heterocycles. The second-order valence-corrected chi connectivity index (χ2v) is 2.93. The molecular formula is C11H15N2O2. The van der Waals surface area contributed by atoms with E-state index >= 15 is 0 Å². The Bertz CT molecular complexity index is 301. The summed E-state index contributed by atoms with van der Waals surface area (Å²) in [6.07, 6.45) is 0. The molecular weight excluding hydrogens is 192 g/mol. The number of carbonyl (C=O) groups is 1. The predicted octanol–water partition coefficient (Wildman–Crippen LogP) is 1.41. The molecule has 0 aliphatic rings. The van der Waals surface area contributed by atoms with E-state index < -0.39 is 6.03 Å². The fourth-order valence-corrected chi connectivity index (χ4v) is 1.20. The Hall–Kier alpha value is -1.55. The maximum Gasteiger partial charge on any atom is 0.319 e. The Labute approximate surface area is 89.6 Å². The van der Waals surface area contributed by atoms with Gasteiger partial charge in [-0.1, -0.05) is 18.2 Å². The number of rotatable bonds is 5. The lowest BCUT2D eigenvalue weighted by Crippen LogP contribution is -2.38. The zero-order valence-electron chi connectivity index (χ0n) is 8.77. The number of amides is 2. The second kappa shape index (κ2) is 6.03. The first-order chi connectivity index (χ1) is 7.25. The van der Waals surface area contributed by atoms with Crippen molar-refractivity contribution in [3.63, 3.8) is 0 Å². The molecule has 1 aromatic rings. The third-order valence-corrected chi connectivity index (χ3v) is 1.91. The molecule has 1 radical (unpaired) electrons. The molecule has 15 heavy (non-hydrogen) atoms. The topological polar surface area (TPSA) is 55.6 Å². The number of benzene rings is 1. The van der Waals surface area contributed by atoms with Crippen molar-refractivity contribution in [1.82, 2.24) is 0 Å². The lowest BCUT2D eigenvalue weighted by molar-refractivity contribution is 0.154. The number of hydrogen-bond acceptors (Lipinski definition) is 2. The van der Waals surface area contributed by atoms with Crippen LogP contribution < -0.4 is 10.6 Å². The number of nitrogens with zero attached hydrogens (tertiary/aromatic N) is 1. The third kappa shape index (κ3) is 3.59. The van der Waals surface area contributed by atoms with Gasteiger partial charge in [0.15, 0.2) is 0 Å². The first-order valence-electron chi connectivity index (χ1n) is 4.87. The smallest absolute Gasteiger partial charge is 0.319 e. The molecule has 0 aliphatic carbocycles. The minimum atomic E-state index is -0.489. The van der Waals surface area contributed by atoms with E-state index in [-0.39, 0.29) is 0 Å². The summed E-state index contributed by atoms with van der Waals surface area (Å²) in [7, 11) is 0. The summed E-state index contributed by atoms with van der Waals surface area (Å²) in [5.41, 5.74) is 5.93. The molecule has 0 spiro atoms. The van der Waals surface area contributed by atoms with Crippen LogP contribution in [0.5, 0.6) is 0 Å². The van der Waals surface area contributed by atoms with Crippen LogP contribution in [-0.4, -0.2) is 25.8 Å². The van der Waals surface area contributed by atoms with Crippen LogP contribution in [-0.2, 0) is 4.74 Å². The van der Waals surface area contributed by atoms with Gasteiger partial charge in [-0.05, 0) is 13.0 Å². The summed E-state index contributed by atoms with van der Waals surface area (Å²) < 4.78 is 5.17. The van der Waals surface area contributed by atoms with Crippen molar-refractivity contribution in [2.24, 2.45) is 5.73 Å². The molecule has 0 bridgehead atoms. The molecule has 81 valence electrons. The first-order valence-corrected chi connectivity index (χ1v) is 4.87. The fraction of sp³-hybridized carbons (Fsp3) is 0.364. The van der Waals surface area contributed by atoms with Gasteiger partial charge in [0, 0.05) is 12.7 Å². The summed E-state index contributed by atoms with van der Waals surface area (Å²) in [5.74, 6) is 0. The SMILES string of the molecule is CCOCCN(C(N)=O)c1[c]cccc1. The highest BCUT2D eigenvalue weighted by Crippen LogP contribution is 2.11. The summed E-state index contributed by atoms with van der Waals surface area (Å²) in [6.45, 7) is 3.46. The van der Waals surface area contributed by atoms with Gasteiger partial charge in [0.1, 0.15) is 0 Å². The molecule has 0 aromatic heterocycles. The van der Waals surface area contributed by atoms with Crippen molar-refractivity contribution in [3.05, 3.63) is 30.3 Å². The molecule has 0 saturated carbocycles. The van der Waals surface area contributed by atoms with Crippen LogP contribution in [0, 0.1) is 6.07 Å². The predicted molar refractivity (Wildman–Crippen MR) is 58.7 cm³/mol. The van der Waals surface area contributed by atoms with Gasteiger partial charge < -0.3 is 10.5 Å². The van der Waals surface area contributed by atoms with E-state index in [0.29, 0.717) is 25.4 Å². The standard InChI is InChI=1S/C11H15N2O2/c1-2-15-9-8-13(11(12)14)10-6-4-3-5-7-10/h3-6H,2,8-9H2,1H3,(H2,12,14). The Morgan fingerprint density at radius 3 is 2.93 bits per heavy atom. The average molecular weight is 207 g/mol. The first kappa shape index (κ1) is 11.5. The van der Waals surface area contributed by atoms with Crippen LogP contribution in [0.15, 0.2) is 24.3 Å². The monoisotopic (exact) mass is 207 g/mol. The molecule has 0 atom stereocenters. The Morgan fingerprint density at radius 1 is 1.60 bits per heavy atom. The molecule has 4 heteroatoms. The normalized spacial score (nSPS) is 9.93. The molecule has 2 amide bonds. The molecule has 4 nitrogen and oxygen atoms in total. The van der Waals surface area contributed by atoms with Crippen molar-refractivity contribution in [2.75, 3.05) is 24.7 Å². The van der Waals surface area contributed by atoms with Crippen molar-refractivity contribution in [3.8, 4) is 0 Å². The lowest BCUT2D eigenvalue weighted by Gasteiger charge is -2.19. The van der Waals surface area contributed by atoms with E-state index in [1.54, 1.807) is 12.1 Å². The summed E-state index contributed by atoms with van der Waals surface area (Å²) in [4.78, 5) is 12.6. The molecule has 0 fully saturated rings. The van der Waals surface area contributed by atoms with Crippen molar-refractivity contribution < 1.29 is 9.53 Å². The summed E-state index contributed by atoms with van der Waals surface area (Å²) in [6, 6.07) is 9.66. The maximum absolute atomic E-state index is 11.2. The Balaban J connectivity index is 2.62. The van der Waals surface area contributed by atoms with Crippen LogP contribution >= 0.6 is 0 Å². The number of hydrogen-bond donors (Lipinski definition) is 1. The van der Waals surface area contributed by atoms with Gasteiger partial charge in [0.2, 0.25) is 0 Å². The molecule has 0 saturated heterocycles. The van der Waals surface area contributed by atoms with Crippen LogP contribution in [0.25, 0.3) is 0 Å². The minimum absolute atomic E-state index is 0.448. The third-order valence-electron chi connectivity index (χ3n) is 1.91. The lowest BCUT2D eigenvalue weighted by atomic mass is 10.3. The van der Waals surface area contributed by atoms with E-state index in [1.165, 1.54) is 4.90 Å². The largest absolute Gasteiger partial charge is 0.380 e. The number of ether oxygens (including phenoxy) is 1. The quantitative estimate of drug-likeness (QED) is 0.742. The Morgan fingerprint density at radius 2 is 2.40 bits per heavy atom. The van der Waals surface area contributed by atoms with Gasteiger partial charge in [0.25, 0.3) is 0 Å². The van der Waals surface area contributed by atoms with Crippen molar-refractivity contribution >= 4 is 11.7 Å². The van der Waals surface area contributed by atoms with Crippen LogP contribution in [0.4, 0.5) is 10.5 Å². The van der Waals surface area contributed by atoms with Gasteiger partial charge in [-0.15, -0.1) is 0 Å². The van der Waals surface area contributed by atoms with Crippen LogP contribution in [0.3, 0.4) is 0 Å². The van der Waals surface area contributed by atoms with Gasteiger partial charge in [-0.2, -0.15) is 0 Å². The van der Waals surface area contributed by atoms with E-state index in [4.69, 9.17) is 10.5 Å². The van der Waals surface area contributed by atoms with E-state index in [0.717, 1.165) is 0 Å². The van der Waals surface area contributed by atoms with E-state index in [9.17, 15) is 4.79 Å². The van der Waals surface area contributed by atoms with E-state index in [1.807, 2.05) is 19.1 Å². The Kier molecular flexibility index (Phi) is 4.63. The fourth-order valence-electron chi connectivity index (χ4n) is 1.20. The highest BCUT2D eigenvalue weighted by molar-refractivity contribution is 5.90. The average Bonchev–Trinajstić information content (AvgIpc) is 2.25. The number of carbonyl (C=O) groups excluding carboxylic acids is 1. The molecule has 0 unspecified atom stereocenters. The number of anilines is 1. The summed E-state index contributed by atoms with van der Waals surface area (Å²) >= 11 is 0. The van der Waals surface area contributed by atoms with Crippen LogP contribution in [0.1, 0.15) is 6.92 Å². The van der Waals surface area contributed by atoms with Crippen LogP contribution in [0.2, 0.25) is 0 Å². The highest BCUT2D eigenvalue weighted by Gasteiger charge is 2.11. The zero-order valence-corrected chi connectivity index (χ0v) is 8.77. The molecule has 1 rings (SSSR count). The summed E-state index contributed by atoms with van der Waals surface area (Å²) in [5, 5.41) is 0. The molecule has 1 aromatic carbocycles. The van der Waals surface area contributed by atoms with Crippen molar-refractivity contribution in [2.45, 2.75) is 6.92 Å². The molecule has 2 N–H and O–H groups in total. The van der Waals surface area contributed by atoms with Gasteiger partial charge in [0.05, 0.1) is 18.8 Å². The van der Waals surface area contributed by atoms with Gasteiger partial charge >= 0.3 is 6.03 Å². The van der Waals surface area contributed by atoms with Gasteiger partial charge in [-0.3, -0.25) is 4.90 Å². The highest BCUT2D eigenvalue weighted by atomic mass is 16.5. The number of urea groups is 1. The number of primary amides is 1. The van der Waals surface area contributed by atoms with Gasteiger partial charge in [-0.25, -0.2) is 4.79 Å². The maximum atomic E-state index is 11.2. The zero-order chi connectivity index (χ0) is 11.1. The van der Waals surface area contributed by atoms with E-state index in [2.05, 4.69) is 6.07 Å². The van der Waals surface area contributed by atoms with Crippen molar-refractivity contribution in [1.29, 1.82) is 0 Å². The number of nitrogens with two attached hydrogens (primary N) is 1. The molecule has 0 heterocycles. The second-order valence-electron chi connectivity index (χ2n) is 2.93. The number of para-hydroxylation sites is 1.